The molecule has 5 nitrogen and oxygen atoms in total. The quantitative estimate of drug-likeness (QED) is 0.846. The van der Waals surface area contributed by atoms with E-state index in [0.717, 1.165) is 6.42 Å². The number of anilines is 2. The highest BCUT2D eigenvalue weighted by atomic mass is 16.5. The molecule has 0 atom stereocenters. The Bertz CT molecular complexity index is 554. The van der Waals surface area contributed by atoms with Crippen molar-refractivity contribution in [3.05, 3.63) is 41.7 Å². The zero-order chi connectivity index (χ0) is 14.4. The van der Waals surface area contributed by atoms with Crippen LogP contribution in [0.25, 0.3) is 0 Å². The molecule has 0 saturated carbocycles. The molecule has 106 valence electrons. The Morgan fingerprint density at radius 1 is 1.20 bits per heavy atom. The minimum atomic E-state index is 0.438. The normalized spacial score (nSPS) is 10.3. The summed E-state index contributed by atoms with van der Waals surface area (Å²) in [4.78, 5) is 8.20. The molecule has 20 heavy (non-hydrogen) atoms. The maximum atomic E-state index is 6.00. The molecule has 2 rings (SSSR count). The van der Waals surface area contributed by atoms with Crippen molar-refractivity contribution < 1.29 is 4.74 Å². The summed E-state index contributed by atoms with van der Waals surface area (Å²) in [5.41, 5.74) is 8.86. The van der Waals surface area contributed by atoms with E-state index >= 15 is 0 Å². The van der Waals surface area contributed by atoms with Crippen LogP contribution in [0.4, 0.5) is 11.5 Å². The van der Waals surface area contributed by atoms with Gasteiger partial charge in [-0.2, -0.15) is 4.98 Å². The molecular formula is C15H20N4O. The van der Waals surface area contributed by atoms with E-state index in [1.165, 1.54) is 17.5 Å². The van der Waals surface area contributed by atoms with Crippen molar-refractivity contribution in [3.8, 4) is 5.88 Å². The lowest BCUT2D eigenvalue weighted by Crippen LogP contribution is -2.08. The molecule has 1 heterocycles. The van der Waals surface area contributed by atoms with Crippen molar-refractivity contribution in [3.63, 3.8) is 0 Å². The van der Waals surface area contributed by atoms with E-state index < -0.39 is 0 Å². The average Bonchev–Trinajstić information content (AvgIpc) is 2.47. The fourth-order valence-electron chi connectivity index (χ4n) is 1.73. The van der Waals surface area contributed by atoms with Crippen LogP contribution in [-0.2, 0) is 6.54 Å². The van der Waals surface area contributed by atoms with Crippen LogP contribution >= 0.6 is 0 Å². The Hall–Kier alpha value is -2.30. The van der Waals surface area contributed by atoms with E-state index in [9.17, 15) is 0 Å². The van der Waals surface area contributed by atoms with Crippen molar-refractivity contribution in [1.82, 2.24) is 9.97 Å². The molecule has 2 aromatic rings. The van der Waals surface area contributed by atoms with Gasteiger partial charge >= 0.3 is 0 Å². The molecule has 0 aliphatic rings. The number of nitrogen functional groups attached to an aromatic ring is 1. The number of benzene rings is 1. The van der Waals surface area contributed by atoms with Gasteiger partial charge in [-0.25, -0.2) is 4.98 Å². The van der Waals surface area contributed by atoms with Gasteiger partial charge in [0.25, 0.3) is 0 Å². The molecule has 5 heteroatoms. The fourth-order valence-corrected chi connectivity index (χ4v) is 1.73. The van der Waals surface area contributed by atoms with Crippen LogP contribution in [0.2, 0.25) is 0 Å². The number of nitrogens with two attached hydrogens (primary N) is 1. The van der Waals surface area contributed by atoms with Gasteiger partial charge in [0.1, 0.15) is 12.0 Å². The number of nitrogens with one attached hydrogen (secondary N) is 1. The molecule has 0 unspecified atom stereocenters. The SMILES string of the molecule is CCCOc1ncnc(NCc2ccc(C)cc2)c1N. The summed E-state index contributed by atoms with van der Waals surface area (Å²) in [6.07, 6.45) is 2.37. The van der Waals surface area contributed by atoms with Gasteiger partial charge in [-0.05, 0) is 18.9 Å². The number of aromatic nitrogens is 2. The molecule has 0 saturated heterocycles. The van der Waals surface area contributed by atoms with Crippen molar-refractivity contribution in [2.24, 2.45) is 0 Å². The Balaban J connectivity index is 2.03. The van der Waals surface area contributed by atoms with Crippen molar-refractivity contribution in [2.75, 3.05) is 17.7 Å². The van der Waals surface area contributed by atoms with Crippen LogP contribution < -0.4 is 15.8 Å². The molecule has 0 amide bonds. The van der Waals surface area contributed by atoms with Crippen LogP contribution in [0, 0.1) is 6.92 Å². The topological polar surface area (TPSA) is 73.1 Å². The molecular weight excluding hydrogens is 252 g/mol. The summed E-state index contributed by atoms with van der Waals surface area (Å²) >= 11 is 0. The zero-order valence-corrected chi connectivity index (χ0v) is 11.9. The lowest BCUT2D eigenvalue weighted by Gasteiger charge is -2.11. The molecule has 1 aromatic heterocycles. The maximum Gasteiger partial charge on any atom is 0.242 e. The highest BCUT2D eigenvalue weighted by molar-refractivity contribution is 5.66. The average molecular weight is 272 g/mol. The van der Waals surface area contributed by atoms with Gasteiger partial charge in [0.15, 0.2) is 5.82 Å². The smallest absolute Gasteiger partial charge is 0.242 e. The lowest BCUT2D eigenvalue weighted by molar-refractivity contribution is 0.306. The Labute approximate surface area is 119 Å². The molecule has 1 aromatic carbocycles. The van der Waals surface area contributed by atoms with Gasteiger partial charge in [0.05, 0.1) is 6.61 Å². The molecule has 0 aliphatic heterocycles. The predicted octanol–water partition coefficient (Wildman–Crippen LogP) is 2.77. The van der Waals surface area contributed by atoms with Gasteiger partial charge in [-0.3, -0.25) is 0 Å². The van der Waals surface area contributed by atoms with Crippen LogP contribution in [0.15, 0.2) is 30.6 Å². The molecule has 0 bridgehead atoms. The second-order valence-corrected chi connectivity index (χ2v) is 4.63. The molecule has 0 radical (unpaired) electrons. The van der Waals surface area contributed by atoms with Gasteiger partial charge in [-0.15, -0.1) is 0 Å². The zero-order valence-electron chi connectivity index (χ0n) is 11.9. The summed E-state index contributed by atoms with van der Waals surface area (Å²) in [7, 11) is 0. The number of hydrogen-bond acceptors (Lipinski definition) is 5. The first kappa shape index (κ1) is 14.1. The van der Waals surface area contributed by atoms with Crippen LogP contribution in [0.3, 0.4) is 0 Å². The lowest BCUT2D eigenvalue weighted by atomic mass is 10.1. The monoisotopic (exact) mass is 272 g/mol. The molecule has 0 aliphatic carbocycles. The first-order valence-corrected chi connectivity index (χ1v) is 6.73. The van der Waals surface area contributed by atoms with Crippen LogP contribution in [0.5, 0.6) is 5.88 Å². The van der Waals surface area contributed by atoms with E-state index in [0.29, 0.717) is 30.5 Å². The molecule has 3 N–H and O–H groups in total. The number of hydrogen-bond donors (Lipinski definition) is 2. The second kappa shape index (κ2) is 6.75. The van der Waals surface area contributed by atoms with Crippen molar-refractivity contribution in [2.45, 2.75) is 26.8 Å². The largest absolute Gasteiger partial charge is 0.476 e. The molecule has 0 spiro atoms. The van der Waals surface area contributed by atoms with E-state index in [1.54, 1.807) is 0 Å². The van der Waals surface area contributed by atoms with E-state index in [4.69, 9.17) is 10.5 Å². The van der Waals surface area contributed by atoms with Gasteiger partial charge in [0.2, 0.25) is 5.88 Å². The Kier molecular flexibility index (Phi) is 4.76. The first-order chi connectivity index (χ1) is 9.70. The minimum absolute atomic E-state index is 0.438. The highest BCUT2D eigenvalue weighted by Gasteiger charge is 2.08. The number of aryl methyl sites for hydroxylation is 1. The van der Waals surface area contributed by atoms with Gasteiger partial charge in [0, 0.05) is 6.54 Å². The first-order valence-electron chi connectivity index (χ1n) is 6.73. The highest BCUT2D eigenvalue weighted by Crippen LogP contribution is 2.25. The Morgan fingerprint density at radius 2 is 1.95 bits per heavy atom. The minimum Gasteiger partial charge on any atom is -0.476 e. The third-order valence-corrected chi connectivity index (χ3v) is 2.87. The van der Waals surface area contributed by atoms with E-state index in [-0.39, 0.29) is 0 Å². The third-order valence-electron chi connectivity index (χ3n) is 2.87. The fraction of sp³-hybridized carbons (Fsp3) is 0.333. The van der Waals surface area contributed by atoms with Gasteiger partial charge in [-0.1, -0.05) is 36.8 Å². The summed E-state index contributed by atoms with van der Waals surface area (Å²) in [6, 6.07) is 8.31. The van der Waals surface area contributed by atoms with Gasteiger partial charge < -0.3 is 15.8 Å². The van der Waals surface area contributed by atoms with Crippen molar-refractivity contribution >= 4 is 11.5 Å². The second-order valence-electron chi connectivity index (χ2n) is 4.63. The number of ether oxygens (including phenoxy) is 1. The standard InChI is InChI=1S/C15H20N4O/c1-3-8-20-15-13(16)14(18-10-19-15)17-9-12-6-4-11(2)5-7-12/h4-7,10H,3,8-9,16H2,1-2H3,(H,17,18,19). The Morgan fingerprint density at radius 3 is 2.65 bits per heavy atom. The maximum absolute atomic E-state index is 6.00. The van der Waals surface area contributed by atoms with E-state index in [2.05, 4.69) is 46.5 Å². The number of nitrogens with zero attached hydrogens (tertiary/aromatic N) is 2. The summed E-state index contributed by atoms with van der Waals surface area (Å²) < 4.78 is 5.48. The summed E-state index contributed by atoms with van der Waals surface area (Å²) in [5.74, 6) is 1.04. The number of rotatable bonds is 6. The summed E-state index contributed by atoms with van der Waals surface area (Å²) in [5, 5.41) is 3.21. The van der Waals surface area contributed by atoms with Crippen molar-refractivity contribution in [1.29, 1.82) is 0 Å². The summed E-state index contributed by atoms with van der Waals surface area (Å²) in [6.45, 7) is 5.36. The van der Waals surface area contributed by atoms with Crippen LogP contribution in [-0.4, -0.2) is 16.6 Å². The van der Waals surface area contributed by atoms with E-state index in [1.807, 2.05) is 6.92 Å². The molecule has 0 fully saturated rings. The third kappa shape index (κ3) is 3.60. The van der Waals surface area contributed by atoms with Crippen LogP contribution in [0.1, 0.15) is 24.5 Å². The predicted molar refractivity (Wildman–Crippen MR) is 80.7 cm³/mol.